The number of phenols is 1. The number of nitrogens with one attached hydrogen (secondary N) is 7. The van der Waals surface area contributed by atoms with Crippen LogP contribution in [0.1, 0.15) is 245 Å². The summed E-state index contributed by atoms with van der Waals surface area (Å²) in [5.74, 6) is -6.93. The van der Waals surface area contributed by atoms with Crippen molar-refractivity contribution in [2.45, 2.75) is 288 Å². The maximum absolute atomic E-state index is 14.1. The molecular weight excluding hydrogens is 1300 g/mol. The first-order valence-corrected chi connectivity index (χ1v) is 38.4. The van der Waals surface area contributed by atoms with Crippen molar-refractivity contribution in [3.05, 3.63) is 29.8 Å². The van der Waals surface area contributed by atoms with Gasteiger partial charge in [-0.2, -0.15) is 12.6 Å². The largest absolute Gasteiger partial charge is 0.508 e. The average Bonchev–Trinajstić information content (AvgIpc) is 0.884. The van der Waals surface area contributed by atoms with E-state index < -0.39 is 136 Å². The molecule has 7 amide bonds. The Balaban J connectivity index is 2.97. The number of aliphatic hydroxyl groups excluding tert-OH is 1. The number of carbonyl (C=O) groups excluding carboxylic acids is 9. The molecular formula is C69H125N10O17PS. The highest BCUT2D eigenvalue weighted by atomic mass is 32.1. The van der Waals surface area contributed by atoms with Crippen LogP contribution in [0, 0.1) is 0 Å². The van der Waals surface area contributed by atoms with Gasteiger partial charge in [-0.1, -0.05) is 180 Å². The van der Waals surface area contributed by atoms with Gasteiger partial charge in [0.05, 0.1) is 32.4 Å². The van der Waals surface area contributed by atoms with Gasteiger partial charge in [0.1, 0.15) is 42.6 Å². The maximum Gasteiger partial charge on any atom is 0.472 e. The number of aromatic hydroxyl groups is 1. The van der Waals surface area contributed by atoms with Crippen molar-refractivity contribution in [1.29, 1.82) is 0 Å². The topological polar surface area (TPSA) is 431 Å². The number of esters is 2. The highest BCUT2D eigenvalue weighted by Gasteiger charge is 2.33. The number of hydrogen-bond donors (Lipinski definition) is 14. The van der Waals surface area contributed by atoms with Crippen LogP contribution in [0.5, 0.6) is 5.75 Å². The summed E-state index contributed by atoms with van der Waals surface area (Å²) >= 11 is 3.98. The van der Waals surface area contributed by atoms with Crippen molar-refractivity contribution in [3.63, 3.8) is 0 Å². The molecule has 0 saturated carbocycles. The lowest BCUT2D eigenvalue weighted by Crippen LogP contribution is -2.60. The molecule has 0 saturated heterocycles. The minimum Gasteiger partial charge on any atom is -0.508 e. The molecule has 0 radical (unpaired) electrons. The molecule has 0 spiro atoms. The second-order valence-corrected chi connectivity index (χ2v) is 27.2. The molecule has 0 aliphatic rings. The van der Waals surface area contributed by atoms with Crippen LogP contribution >= 0.6 is 20.5 Å². The Bertz CT molecular complexity index is 2420. The Morgan fingerprint density at radius 1 is 0.520 bits per heavy atom. The van der Waals surface area contributed by atoms with Gasteiger partial charge in [-0.3, -0.25) is 52.2 Å². The molecule has 16 N–H and O–H groups in total. The predicted molar refractivity (Wildman–Crippen MR) is 381 cm³/mol. The molecule has 0 aliphatic carbocycles. The fourth-order valence-corrected chi connectivity index (χ4v) is 11.4. The van der Waals surface area contributed by atoms with E-state index >= 15 is 0 Å². The summed E-state index contributed by atoms with van der Waals surface area (Å²) in [6, 6.07) is -2.30. The third-order valence-corrected chi connectivity index (χ3v) is 17.9. The number of rotatable bonds is 63. The Labute approximate surface area is 588 Å². The number of amides is 7. The first kappa shape index (κ1) is 90.6. The minimum atomic E-state index is -4.86. The van der Waals surface area contributed by atoms with Crippen LogP contribution in [-0.4, -0.2) is 169 Å². The van der Waals surface area contributed by atoms with Gasteiger partial charge in [0.15, 0.2) is 6.10 Å². The first-order chi connectivity index (χ1) is 47.1. The normalized spacial score (nSPS) is 14.1. The average molecular weight is 1430 g/mol. The molecule has 564 valence electrons. The van der Waals surface area contributed by atoms with Crippen LogP contribution in [0.2, 0.25) is 0 Å². The van der Waals surface area contributed by atoms with E-state index in [-0.39, 0.29) is 63.2 Å². The van der Waals surface area contributed by atoms with Crippen molar-refractivity contribution in [2.24, 2.45) is 17.2 Å². The summed E-state index contributed by atoms with van der Waals surface area (Å²) in [4.78, 5) is 130. The smallest absolute Gasteiger partial charge is 0.472 e. The Morgan fingerprint density at radius 2 is 0.959 bits per heavy atom. The van der Waals surface area contributed by atoms with Crippen LogP contribution < -0.4 is 54.4 Å². The molecule has 0 heterocycles. The third kappa shape index (κ3) is 46.8. The van der Waals surface area contributed by atoms with E-state index in [0.29, 0.717) is 44.1 Å². The van der Waals surface area contributed by atoms with E-state index in [1.165, 1.54) is 134 Å². The number of phenolic OH excluding ortho intramolecular Hbond substituents is 1. The van der Waals surface area contributed by atoms with E-state index in [0.717, 1.165) is 51.4 Å². The standard InChI is InChI=1S/C69H125N10O17PS/c1-4-6-8-10-12-14-16-18-20-22-24-26-28-36-62(83)93-49-55(96-63(84)37-29-27-25-23-21-19-17-15-13-11-9-7-5-2)50-95-97(91,92)94-45-44-73-64(85)52(3)75-66(87)58(35-31-33-43-71)77-69(90)60(48-80)79-68(89)59(46-53-38-40-54(81)41-39-53)78-67(88)57(34-30-32-42-70)76-61(82)47-74-65(86)56(72)51-98/h38-41,52,55-60,80-81,98H,4-37,42-51,70-72H2,1-3H3,(H,73,85)(H,74,86)(H,75,87)(H,76,82)(H,77,90)(H,78,88)(H,79,89)(H,91,92)/t52-,55+,56-,57-,58-,59-,60-/m0/s1. The van der Waals surface area contributed by atoms with Gasteiger partial charge < -0.3 is 79.0 Å². The molecule has 27 nitrogen and oxygen atoms in total. The molecule has 98 heavy (non-hydrogen) atoms. The summed E-state index contributed by atoms with van der Waals surface area (Å²) in [6.45, 7) is 2.82. The van der Waals surface area contributed by atoms with Gasteiger partial charge in [-0.15, -0.1) is 0 Å². The summed E-state index contributed by atoms with van der Waals surface area (Å²) < 4.78 is 34.5. The fourth-order valence-electron chi connectivity index (χ4n) is 10.5. The molecule has 1 rings (SSSR count). The molecule has 0 aliphatic heterocycles. The van der Waals surface area contributed by atoms with E-state index in [1.54, 1.807) is 0 Å². The third-order valence-electron chi connectivity index (χ3n) is 16.5. The van der Waals surface area contributed by atoms with Gasteiger partial charge in [0.25, 0.3) is 0 Å². The van der Waals surface area contributed by atoms with Crippen molar-refractivity contribution < 1.29 is 81.3 Å². The zero-order valence-electron chi connectivity index (χ0n) is 59.1. The number of hydrogen-bond acceptors (Lipinski definition) is 20. The number of aliphatic hydroxyl groups is 1. The lowest BCUT2D eigenvalue weighted by atomic mass is 10.0. The van der Waals surface area contributed by atoms with Crippen molar-refractivity contribution in [3.8, 4) is 5.75 Å². The van der Waals surface area contributed by atoms with E-state index in [4.69, 9.17) is 35.7 Å². The van der Waals surface area contributed by atoms with Crippen LogP contribution in [0.25, 0.3) is 0 Å². The Kier molecular flexibility index (Phi) is 53.8. The maximum atomic E-state index is 14.1. The Morgan fingerprint density at radius 3 is 1.45 bits per heavy atom. The second kappa shape index (κ2) is 58.2. The van der Waals surface area contributed by atoms with Crippen molar-refractivity contribution >= 4 is 73.7 Å². The zero-order chi connectivity index (χ0) is 72.6. The summed E-state index contributed by atoms with van der Waals surface area (Å²) in [7, 11) is -4.86. The fraction of sp³-hybridized carbons (Fsp3) is 0.783. The lowest BCUT2D eigenvalue weighted by molar-refractivity contribution is -0.161. The van der Waals surface area contributed by atoms with Crippen LogP contribution in [0.4, 0.5) is 0 Å². The number of ether oxygens (including phenoxy) is 2. The van der Waals surface area contributed by atoms with Gasteiger partial charge in [-0.05, 0) is 89.1 Å². The summed E-state index contributed by atoms with van der Waals surface area (Å²) in [6.07, 6.45) is 30.2. The van der Waals surface area contributed by atoms with Crippen LogP contribution in [-0.2, 0) is 72.7 Å². The van der Waals surface area contributed by atoms with Gasteiger partial charge in [0.2, 0.25) is 41.4 Å². The zero-order valence-corrected chi connectivity index (χ0v) is 60.9. The number of thiol groups is 1. The minimum absolute atomic E-state index is 0.00121. The molecule has 29 heteroatoms. The number of benzene rings is 1. The van der Waals surface area contributed by atoms with E-state index in [1.807, 2.05) is 0 Å². The SMILES string of the molecule is CCCCCCCCCCCCCCCC(=O)OC[C@H](COP(=O)(O)OCCNC(=O)[C@H](C)NC(=O)[C@H](CCCCN)NC(=O)[C@H](CO)NC(=O)[C@H](Cc1ccc(O)cc1)NC(=O)[C@H](CCCCN)NC(=O)CNC(=O)[C@@H](N)CS)OC(=O)CCCCCCCCCCCCCCC. The number of carbonyl (C=O) groups is 9. The highest BCUT2D eigenvalue weighted by molar-refractivity contribution is 7.80. The monoisotopic (exact) mass is 1430 g/mol. The highest BCUT2D eigenvalue weighted by Crippen LogP contribution is 2.43. The van der Waals surface area contributed by atoms with Crippen molar-refractivity contribution in [2.75, 3.05) is 58.4 Å². The molecule has 8 atom stereocenters. The summed E-state index contributed by atoms with van der Waals surface area (Å²) in [5, 5.41) is 37.8. The van der Waals surface area contributed by atoms with Gasteiger partial charge >= 0.3 is 19.8 Å². The lowest BCUT2D eigenvalue weighted by Gasteiger charge is -2.26. The van der Waals surface area contributed by atoms with Gasteiger partial charge in [-0.25, -0.2) is 4.57 Å². The van der Waals surface area contributed by atoms with E-state index in [2.05, 4.69) is 63.7 Å². The number of phosphoric ester groups is 1. The number of unbranched alkanes of at least 4 members (excludes halogenated alkanes) is 26. The second-order valence-electron chi connectivity index (χ2n) is 25.3. The number of phosphoric acid groups is 1. The molecule has 1 unspecified atom stereocenters. The summed E-state index contributed by atoms with van der Waals surface area (Å²) in [5.41, 5.74) is 17.5. The van der Waals surface area contributed by atoms with Crippen LogP contribution in [0.3, 0.4) is 0 Å². The van der Waals surface area contributed by atoms with Crippen molar-refractivity contribution in [1.82, 2.24) is 37.2 Å². The Hall–Kier alpha value is -5.45. The molecule has 0 fully saturated rings. The molecule has 0 aromatic heterocycles. The van der Waals surface area contributed by atoms with E-state index in [9.17, 15) is 62.8 Å². The van der Waals surface area contributed by atoms with Crippen LogP contribution in [0.15, 0.2) is 24.3 Å². The predicted octanol–water partition coefficient (Wildman–Crippen LogP) is 6.67. The quantitative estimate of drug-likeness (QED) is 0.0140. The molecule has 1 aromatic carbocycles. The molecule has 1 aromatic rings. The first-order valence-electron chi connectivity index (χ1n) is 36.3. The number of nitrogens with two attached hydrogens (primary N) is 3. The molecule has 0 bridgehead atoms. The van der Waals surface area contributed by atoms with Gasteiger partial charge in [0, 0.05) is 31.6 Å².